The summed E-state index contributed by atoms with van der Waals surface area (Å²) in [7, 11) is -0.800. The Labute approximate surface area is 191 Å². The maximum Gasteiger partial charge on any atom is 0.255 e. The van der Waals surface area contributed by atoms with Gasteiger partial charge in [-0.25, -0.2) is 0 Å². The SMILES string of the molecule is COc1ccc(C(=O)Nc2cccc(CC[C@@H]3O[C@H](CCO)[C@@H]([Si](C)(C)O)[C@@H]3C)c2)cc1. The summed E-state index contributed by atoms with van der Waals surface area (Å²) in [4.78, 5) is 23.3. The van der Waals surface area contributed by atoms with Gasteiger partial charge in [0.2, 0.25) is 0 Å². The number of rotatable bonds is 9. The fraction of sp³-hybridized carbons (Fsp3) is 0.480. The van der Waals surface area contributed by atoms with E-state index in [9.17, 15) is 14.7 Å². The molecule has 0 bridgehead atoms. The minimum Gasteiger partial charge on any atom is -0.497 e. The number of carbonyl (C=O) groups excluding carboxylic acids is 1. The van der Waals surface area contributed by atoms with Gasteiger partial charge in [0.05, 0.1) is 19.3 Å². The number of amides is 1. The average molecular weight is 458 g/mol. The summed E-state index contributed by atoms with van der Waals surface area (Å²) >= 11 is 0. The monoisotopic (exact) mass is 457 g/mol. The molecule has 32 heavy (non-hydrogen) atoms. The first kappa shape index (κ1) is 24.4. The summed E-state index contributed by atoms with van der Waals surface area (Å²) in [6, 6.07) is 14.9. The number of hydrogen-bond donors (Lipinski definition) is 3. The molecule has 0 aromatic heterocycles. The van der Waals surface area contributed by atoms with Gasteiger partial charge < -0.3 is 24.7 Å². The third-order valence-corrected chi connectivity index (χ3v) is 8.92. The zero-order valence-electron chi connectivity index (χ0n) is 19.4. The molecule has 0 unspecified atom stereocenters. The highest BCUT2D eigenvalue weighted by Gasteiger charge is 2.49. The van der Waals surface area contributed by atoms with E-state index in [2.05, 4.69) is 18.3 Å². The van der Waals surface area contributed by atoms with Gasteiger partial charge in [0.25, 0.3) is 5.91 Å². The molecule has 0 aliphatic carbocycles. The molecular weight excluding hydrogens is 422 g/mol. The molecule has 3 N–H and O–H groups in total. The zero-order chi connectivity index (χ0) is 23.3. The predicted molar refractivity (Wildman–Crippen MR) is 129 cm³/mol. The van der Waals surface area contributed by atoms with Crippen molar-refractivity contribution in [1.29, 1.82) is 0 Å². The molecule has 3 rings (SSSR count). The van der Waals surface area contributed by atoms with E-state index in [0.717, 1.165) is 24.1 Å². The normalized spacial score (nSPS) is 23.2. The van der Waals surface area contributed by atoms with E-state index >= 15 is 0 Å². The molecule has 1 heterocycles. The summed E-state index contributed by atoms with van der Waals surface area (Å²) in [5.74, 6) is 0.793. The second-order valence-electron chi connectivity index (χ2n) is 9.19. The van der Waals surface area contributed by atoms with Crippen LogP contribution in [0.5, 0.6) is 5.75 Å². The van der Waals surface area contributed by atoms with Crippen molar-refractivity contribution >= 4 is 19.9 Å². The number of ether oxygens (including phenoxy) is 2. The van der Waals surface area contributed by atoms with Crippen LogP contribution in [0.2, 0.25) is 18.6 Å². The minimum absolute atomic E-state index is 0.0491. The lowest BCUT2D eigenvalue weighted by Gasteiger charge is -2.30. The summed E-state index contributed by atoms with van der Waals surface area (Å²) in [5, 5.41) is 12.4. The molecule has 1 aliphatic heterocycles. The first-order valence-electron chi connectivity index (χ1n) is 11.3. The van der Waals surface area contributed by atoms with Crippen LogP contribution in [0.3, 0.4) is 0 Å². The van der Waals surface area contributed by atoms with Crippen molar-refractivity contribution in [1.82, 2.24) is 0 Å². The number of carbonyl (C=O) groups is 1. The second-order valence-corrected chi connectivity index (χ2v) is 13.2. The van der Waals surface area contributed by atoms with Gasteiger partial charge in [-0.3, -0.25) is 4.79 Å². The van der Waals surface area contributed by atoms with Crippen molar-refractivity contribution in [3.63, 3.8) is 0 Å². The van der Waals surface area contributed by atoms with Crippen LogP contribution >= 0.6 is 0 Å². The van der Waals surface area contributed by atoms with Gasteiger partial charge >= 0.3 is 0 Å². The Bertz CT molecular complexity index is 896. The van der Waals surface area contributed by atoms with Crippen molar-refractivity contribution in [2.75, 3.05) is 19.0 Å². The lowest BCUT2D eigenvalue weighted by Crippen LogP contribution is -2.40. The number of aliphatic hydroxyl groups excluding tert-OH is 1. The largest absolute Gasteiger partial charge is 0.497 e. The summed E-state index contributed by atoms with van der Waals surface area (Å²) < 4.78 is 11.4. The van der Waals surface area contributed by atoms with Crippen LogP contribution in [-0.4, -0.2) is 50.1 Å². The smallest absolute Gasteiger partial charge is 0.255 e. The highest BCUT2D eigenvalue weighted by molar-refractivity contribution is 6.71. The lowest BCUT2D eigenvalue weighted by atomic mass is 9.95. The Balaban J connectivity index is 1.61. The maximum absolute atomic E-state index is 12.6. The van der Waals surface area contributed by atoms with Crippen molar-refractivity contribution < 1.29 is 24.2 Å². The van der Waals surface area contributed by atoms with E-state index in [0.29, 0.717) is 17.7 Å². The minimum atomic E-state index is -2.39. The van der Waals surface area contributed by atoms with Crippen molar-refractivity contribution in [3.8, 4) is 5.75 Å². The first-order chi connectivity index (χ1) is 15.2. The predicted octanol–water partition coefficient (Wildman–Crippen LogP) is 4.23. The summed E-state index contributed by atoms with van der Waals surface area (Å²) in [6.45, 7) is 6.14. The van der Waals surface area contributed by atoms with E-state index in [1.807, 2.05) is 31.3 Å². The van der Waals surface area contributed by atoms with Crippen molar-refractivity contribution in [2.24, 2.45) is 5.92 Å². The van der Waals surface area contributed by atoms with Crippen molar-refractivity contribution in [2.45, 2.75) is 57.0 Å². The van der Waals surface area contributed by atoms with Gasteiger partial charge in [0.15, 0.2) is 8.32 Å². The molecule has 1 fully saturated rings. The average Bonchev–Trinajstić information content (AvgIpc) is 3.08. The molecule has 1 amide bonds. The molecule has 1 aliphatic rings. The molecule has 7 heteroatoms. The van der Waals surface area contributed by atoms with E-state index in [-0.39, 0.29) is 36.2 Å². The van der Waals surface area contributed by atoms with Gasteiger partial charge in [-0.1, -0.05) is 19.1 Å². The highest BCUT2D eigenvalue weighted by atomic mass is 28.4. The fourth-order valence-corrected chi connectivity index (χ4v) is 7.52. The lowest BCUT2D eigenvalue weighted by molar-refractivity contribution is 0.0192. The molecule has 0 spiro atoms. The van der Waals surface area contributed by atoms with E-state index in [4.69, 9.17) is 9.47 Å². The quantitative estimate of drug-likeness (QED) is 0.491. The number of anilines is 1. The van der Waals surface area contributed by atoms with Crippen LogP contribution in [-0.2, 0) is 11.2 Å². The first-order valence-corrected chi connectivity index (χ1v) is 14.3. The van der Waals surface area contributed by atoms with Crippen LogP contribution in [0.15, 0.2) is 48.5 Å². The van der Waals surface area contributed by atoms with E-state index < -0.39 is 8.32 Å². The molecule has 1 saturated heterocycles. The van der Waals surface area contributed by atoms with E-state index in [1.165, 1.54) is 0 Å². The van der Waals surface area contributed by atoms with E-state index in [1.54, 1.807) is 31.4 Å². The number of methoxy groups -OCH3 is 1. The van der Waals surface area contributed by atoms with Gasteiger partial charge in [-0.05, 0) is 80.2 Å². The van der Waals surface area contributed by atoms with Gasteiger partial charge in [0.1, 0.15) is 5.75 Å². The number of aryl methyl sites for hydroxylation is 1. The van der Waals surface area contributed by atoms with Gasteiger partial charge in [0, 0.05) is 23.4 Å². The molecule has 2 aromatic carbocycles. The topological polar surface area (TPSA) is 88.0 Å². The zero-order valence-corrected chi connectivity index (χ0v) is 20.4. The highest BCUT2D eigenvalue weighted by Crippen LogP contribution is 2.45. The summed E-state index contributed by atoms with van der Waals surface area (Å²) in [5.41, 5.74) is 2.57. The van der Waals surface area contributed by atoms with Gasteiger partial charge in [-0.2, -0.15) is 0 Å². The third kappa shape index (κ3) is 5.98. The number of nitrogens with one attached hydrogen (secondary N) is 1. The molecule has 4 atom stereocenters. The molecule has 0 radical (unpaired) electrons. The van der Waals surface area contributed by atoms with Crippen LogP contribution in [0.4, 0.5) is 5.69 Å². The molecule has 174 valence electrons. The number of benzene rings is 2. The molecule has 6 nitrogen and oxygen atoms in total. The molecule has 2 aromatic rings. The fourth-order valence-electron chi connectivity index (χ4n) is 4.87. The summed E-state index contributed by atoms with van der Waals surface area (Å²) in [6.07, 6.45) is 2.18. The molecular formula is C25H35NO5Si. The van der Waals surface area contributed by atoms with Crippen LogP contribution in [0, 0.1) is 5.92 Å². The number of aliphatic hydroxyl groups is 1. The Morgan fingerprint density at radius 3 is 2.47 bits per heavy atom. The Hall–Kier alpha value is -2.19. The standard InChI is InChI=1S/C25H35NO5Si/c1-17-22(31-23(14-15-27)24(17)32(3,4)29)13-8-18-6-5-7-20(16-18)26-25(28)19-9-11-21(30-2)12-10-19/h5-7,9-12,16-17,22-24,27,29H,8,13-15H2,1-4H3,(H,26,28)/t17-,22+,23-,24+/m1/s1. The Morgan fingerprint density at radius 2 is 1.84 bits per heavy atom. The van der Waals surface area contributed by atoms with Crippen LogP contribution in [0.25, 0.3) is 0 Å². The number of hydrogen-bond acceptors (Lipinski definition) is 5. The van der Waals surface area contributed by atoms with Crippen LogP contribution < -0.4 is 10.1 Å². The second kappa shape index (κ2) is 10.6. The van der Waals surface area contributed by atoms with Crippen LogP contribution in [0.1, 0.15) is 35.7 Å². The molecule has 0 saturated carbocycles. The Morgan fingerprint density at radius 1 is 1.12 bits per heavy atom. The van der Waals surface area contributed by atoms with Crippen molar-refractivity contribution in [3.05, 3.63) is 59.7 Å². The Kier molecular flexibility index (Phi) is 8.11. The third-order valence-electron chi connectivity index (χ3n) is 6.39. The maximum atomic E-state index is 12.6. The van der Waals surface area contributed by atoms with Gasteiger partial charge in [-0.15, -0.1) is 0 Å².